The number of hydrogen-bond acceptors (Lipinski definition) is 5. The zero-order valence-electron chi connectivity index (χ0n) is 10.6. The van der Waals surface area contributed by atoms with E-state index in [9.17, 15) is 4.79 Å². The fourth-order valence-corrected chi connectivity index (χ4v) is 2.63. The van der Waals surface area contributed by atoms with Crippen molar-refractivity contribution >= 4 is 22.4 Å². The molecule has 18 heavy (non-hydrogen) atoms. The second-order valence-electron chi connectivity index (χ2n) is 4.55. The van der Waals surface area contributed by atoms with Crippen LogP contribution in [0.5, 0.6) is 0 Å². The fourth-order valence-electron chi connectivity index (χ4n) is 2.10. The van der Waals surface area contributed by atoms with E-state index in [1.54, 1.807) is 5.38 Å². The van der Waals surface area contributed by atoms with Gasteiger partial charge in [0, 0.05) is 31.0 Å². The molecular weight excluding hydrogens is 250 g/mol. The summed E-state index contributed by atoms with van der Waals surface area (Å²) in [5.74, 6) is 0.442. The highest BCUT2D eigenvalue weighted by atomic mass is 32.1. The van der Waals surface area contributed by atoms with E-state index in [2.05, 4.69) is 11.9 Å². The molecule has 2 rings (SSSR count). The van der Waals surface area contributed by atoms with E-state index in [0.29, 0.717) is 16.7 Å². The number of carbonyl (C=O) groups excluding carboxylic acids is 1. The van der Waals surface area contributed by atoms with Crippen LogP contribution in [0.25, 0.3) is 0 Å². The number of anilines is 1. The molecule has 2 N–H and O–H groups in total. The molecule has 0 saturated carbocycles. The number of hydrogen-bond donors (Lipinski definition) is 1. The Hall–Kier alpha value is -1.14. The fraction of sp³-hybridized carbons (Fsp3) is 0.667. The Balaban J connectivity index is 1.83. The minimum atomic E-state index is -0.0130. The molecule has 0 spiro atoms. The number of ether oxygens (including phenoxy) is 1. The van der Waals surface area contributed by atoms with Gasteiger partial charge in [0.25, 0.3) is 5.91 Å². The van der Waals surface area contributed by atoms with Crippen LogP contribution in [0.4, 0.5) is 5.13 Å². The maximum Gasteiger partial charge on any atom is 0.273 e. The van der Waals surface area contributed by atoms with Gasteiger partial charge in [0.2, 0.25) is 0 Å². The first kappa shape index (κ1) is 13.3. The predicted molar refractivity (Wildman–Crippen MR) is 71.6 cm³/mol. The van der Waals surface area contributed by atoms with Gasteiger partial charge in [-0.2, -0.15) is 0 Å². The van der Waals surface area contributed by atoms with Crippen molar-refractivity contribution in [3.8, 4) is 0 Å². The third kappa shape index (κ3) is 3.20. The SMILES string of the molecule is CCCOC[C@H]1CCN(C(=O)c2csc(N)n2)C1. The summed E-state index contributed by atoms with van der Waals surface area (Å²) >= 11 is 1.30. The number of aromatic nitrogens is 1. The molecule has 100 valence electrons. The summed E-state index contributed by atoms with van der Waals surface area (Å²) in [6, 6.07) is 0. The van der Waals surface area contributed by atoms with Crippen LogP contribution in [0.3, 0.4) is 0 Å². The van der Waals surface area contributed by atoms with Gasteiger partial charge in [0.1, 0.15) is 5.69 Å². The lowest BCUT2D eigenvalue weighted by atomic mass is 10.1. The number of rotatable bonds is 5. The van der Waals surface area contributed by atoms with Gasteiger partial charge >= 0.3 is 0 Å². The van der Waals surface area contributed by atoms with Crippen molar-refractivity contribution in [2.24, 2.45) is 5.92 Å². The Bertz CT molecular complexity index is 408. The number of carbonyl (C=O) groups is 1. The van der Waals surface area contributed by atoms with E-state index in [0.717, 1.165) is 39.1 Å². The summed E-state index contributed by atoms with van der Waals surface area (Å²) in [6.07, 6.45) is 2.04. The van der Waals surface area contributed by atoms with Gasteiger partial charge in [-0.3, -0.25) is 4.79 Å². The van der Waals surface area contributed by atoms with E-state index in [-0.39, 0.29) is 5.91 Å². The minimum absolute atomic E-state index is 0.0130. The molecule has 1 aromatic rings. The van der Waals surface area contributed by atoms with Crippen molar-refractivity contribution < 1.29 is 9.53 Å². The van der Waals surface area contributed by atoms with Gasteiger partial charge in [-0.05, 0) is 12.8 Å². The Morgan fingerprint density at radius 2 is 2.56 bits per heavy atom. The van der Waals surface area contributed by atoms with Gasteiger partial charge in [0.05, 0.1) is 6.61 Å². The van der Waals surface area contributed by atoms with Crippen LogP contribution >= 0.6 is 11.3 Å². The molecule has 1 amide bonds. The lowest BCUT2D eigenvalue weighted by Gasteiger charge is -2.15. The van der Waals surface area contributed by atoms with Crippen molar-refractivity contribution in [2.45, 2.75) is 19.8 Å². The van der Waals surface area contributed by atoms with Gasteiger partial charge < -0.3 is 15.4 Å². The summed E-state index contributed by atoms with van der Waals surface area (Å²) in [4.78, 5) is 18.0. The third-order valence-corrected chi connectivity index (χ3v) is 3.69. The van der Waals surface area contributed by atoms with Crippen molar-refractivity contribution in [2.75, 3.05) is 32.0 Å². The maximum atomic E-state index is 12.1. The third-order valence-electron chi connectivity index (χ3n) is 3.02. The van der Waals surface area contributed by atoms with Crippen LogP contribution in [0.1, 0.15) is 30.3 Å². The molecule has 0 unspecified atom stereocenters. The zero-order chi connectivity index (χ0) is 13.0. The number of nitrogens with zero attached hydrogens (tertiary/aromatic N) is 2. The first-order valence-corrected chi connectivity index (χ1v) is 7.16. The lowest BCUT2D eigenvalue weighted by molar-refractivity contribution is 0.0750. The molecule has 1 aliphatic heterocycles. The standard InChI is InChI=1S/C12H19N3O2S/c1-2-5-17-7-9-3-4-15(6-9)11(16)10-8-18-12(13)14-10/h8-9H,2-7H2,1H3,(H2,13,14)/t9-/m0/s1. The minimum Gasteiger partial charge on any atom is -0.381 e. The van der Waals surface area contributed by atoms with Crippen molar-refractivity contribution in [1.82, 2.24) is 9.88 Å². The van der Waals surface area contributed by atoms with Crippen molar-refractivity contribution in [1.29, 1.82) is 0 Å². The van der Waals surface area contributed by atoms with Crippen LogP contribution < -0.4 is 5.73 Å². The number of likely N-dealkylation sites (tertiary alicyclic amines) is 1. The number of nitrogen functional groups attached to an aromatic ring is 1. The first-order chi connectivity index (χ1) is 8.70. The van der Waals surface area contributed by atoms with Crippen LogP contribution in [0.15, 0.2) is 5.38 Å². The number of thiazole rings is 1. The average Bonchev–Trinajstić information content (AvgIpc) is 2.98. The second-order valence-corrected chi connectivity index (χ2v) is 5.44. The normalized spacial score (nSPS) is 19.4. The maximum absolute atomic E-state index is 12.1. The van der Waals surface area contributed by atoms with Crippen LogP contribution in [-0.2, 0) is 4.74 Å². The molecule has 2 heterocycles. The number of nitrogens with two attached hydrogens (primary N) is 1. The van der Waals surface area contributed by atoms with Crippen LogP contribution in [-0.4, -0.2) is 42.1 Å². The Morgan fingerprint density at radius 3 is 3.22 bits per heavy atom. The molecule has 1 atom stereocenters. The summed E-state index contributed by atoms with van der Waals surface area (Å²) in [7, 11) is 0. The Morgan fingerprint density at radius 1 is 1.72 bits per heavy atom. The van der Waals surface area contributed by atoms with E-state index in [4.69, 9.17) is 10.5 Å². The van der Waals surface area contributed by atoms with Gasteiger partial charge in [-0.15, -0.1) is 11.3 Å². The predicted octanol–water partition coefficient (Wildman–Crippen LogP) is 1.61. The van der Waals surface area contributed by atoms with Gasteiger partial charge in [-0.1, -0.05) is 6.92 Å². The molecule has 0 aromatic carbocycles. The van der Waals surface area contributed by atoms with Gasteiger partial charge in [0.15, 0.2) is 5.13 Å². The smallest absolute Gasteiger partial charge is 0.273 e. The van der Waals surface area contributed by atoms with Gasteiger partial charge in [-0.25, -0.2) is 4.98 Å². The summed E-state index contributed by atoms with van der Waals surface area (Å²) in [5, 5.41) is 2.17. The largest absolute Gasteiger partial charge is 0.381 e. The van der Waals surface area contributed by atoms with Crippen molar-refractivity contribution in [3.63, 3.8) is 0 Å². The first-order valence-electron chi connectivity index (χ1n) is 6.28. The molecule has 1 saturated heterocycles. The molecule has 0 bridgehead atoms. The highest BCUT2D eigenvalue weighted by molar-refractivity contribution is 7.13. The molecule has 1 aromatic heterocycles. The monoisotopic (exact) mass is 269 g/mol. The van der Waals surface area contributed by atoms with Crippen molar-refractivity contribution in [3.05, 3.63) is 11.1 Å². The lowest BCUT2D eigenvalue weighted by Crippen LogP contribution is -2.29. The summed E-state index contributed by atoms with van der Waals surface area (Å²) in [6.45, 7) is 5.19. The zero-order valence-corrected chi connectivity index (χ0v) is 11.4. The highest BCUT2D eigenvalue weighted by Crippen LogP contribution is 2.20. The molecule has 1 aliphatic rings. The topological polar surface area (TPSA) is 68.5 Å². The van der Waals surface area contributed by atoms with E-state index in [1.807, 2.05) is 4.90 Å². The molecular formula is C12H19N3O2S. The van der Waals surface area contributed by atoms with E-state index < -0.39 is 0 Å². The molecule has 0 aliphatic carbocycles. The van der Waals surface area contributed by atoms with Crippen LogP contribution in [0.2, 0.25) is 0 Å². The molecule has 5 nitrogen and oxygen atoms in total. The summed E-state index contributed by atoms with van der Waals surface area (Å²) < 4.78 is 5.53. The number of amides is 1. The molecule has 1 fully saturated rings. The van der Waals surface area contributed by atoms with Crippen LogP contribution in [0, 0.1) is 5.92 Å². The van der Waals surface area contributed by atoms with E-state index >= 15 is 0 Å². The summed E-state index contributed by atoms with van der Waals surface area (Å²) in [5.41, 5.74) is 6.01. The second kappa shape index (κ2) is 6.15. The average molecular weight is 269 g/mol. The Kier molecular flexibility index (Phi) is 4.54. The molecule has 6 heteroatoms. The quantitative estimate of drug-likeness (QED) is 0.825. The Labute approximate surface area is 111 Å². The van der Waals surface area contributed by atoms with E-state index in [1.165, 1.54) is 11.3 Å². The molecule has 0 radical (unpaired) electrons. The highest BCUT2D eigenvalue weighted by Gasteiger charge is 2.28.